The van der Waals surface area contributed by atoms with E-state index in [9.17, 15) is 13.6 Å². The van der Waals surface area contributed by atoms with Crippen molar-refractivity contribution in [2.24, 2.45) is 5.92 Å². The number of carbonyl (C=O) groups excluding carboxylic acids is 1. The van der Waals surface area contributed by atoms with Gasteiger partial charge in [0.25, 0.3) is 5.92 Å². The number of hydrogen-bond acceptors (Lipinski definition) is 3. The molecule has 1 atom stereocenters. The molecule has 1 saturated carbocycles. The lowest BCUT2D eigenvalue weighted by atomic mass is 10.0. The van der Waals surface area contributed by atoms with Crippen LogP contribution in [-0.4, -0.2) is 26.8 Å². The number of benzene rings is 1. The third kappa shape index (κ3) is 2.79. The number of halogens is 4. The van der Waals surface area contributed by atoms with Crippen molar-refractivity contribution in [3.05, 3.63) is 51.9 Å². The van der Waals surface area contributed by atoms with Gasteiger partial charge in [0.2, 0.25) is 0 Å². The number of nitrogens with zero attached hydrogens (tertiary/aromatic N) is 3. The minimum atomic E-state index is -2.61. The average molecular weight is 382 g/mol. The molecule has 4 nitrogen and oxygen atoms in total. The first-order valence-corrected chi connectivity index (χ1v) is 8.31. The maximum absolute atomic E-state index is 13.1. The molecule has 0 saturated heterocycles. The van der Waals surface area contributed by atoms with Crippen molar-refractivity contribution in [2.75, 3.05) is 0 Å². The van der Waals surface area contributed by atoms with Gasteiger partial charge in [-0.3, -0.25) is 9.20 Å². The van der Waals surface area contributed by atoms with Gasteiger partial charge in [-0.05, 0) is 12.1 Å². The van der Waals surface area contributed by atoms with Gasteiger partial charge in [-0.15, -0.1) is 10.2 Å². The second-order valence-corrected chi connectivity index (χ2v) is 6.86. The van der Waals surface area contributed by atoms with Gasteiger partial charge in [0.05, 0.1) is 5.02 Å². The fraction of sp³-hybridized carbons (Fsp3) is 0.235. The topological polar surface area (TPSA) is 47.3 Å². The van der Waals surface area contributed by atoms with Crippen molar-refractivity contribution < 1.29 is 13.6 Å². The zero-order chi connectivity index (χ0) is 17.8. The molecule has 2 heterocycles. The maximum atomic E-state index is 13.1. The summed E-state index contributed by atoms with van der Waals surface area (Å²) in [6.07, 6.45) is 2.43. The van der Waals surface area contributed by atoms with Crippen molar-refractivity contribution >= 4 is 35.1 Å². The highest BCUT2D eigenvalue weighted by Crippen LogP contribution is 2.50. The van der Waals surface area contributed by atoms with Crippen LogP contribution in [0.1, 0.15) is 22.6 Å². The van der Waals surface area contributed by atoms with Crippen molar-refractivity contribution in [3.8, 4) is 11.1 Å². The molecule has 2 aromatic heterocycles. The molecule has 0 radical (unpaired) electrons. The molecule has 0 aliphatic heterocycles. The highest BCUT2D eigenvalue weighted by molar-refractivity contribution is 6.38. The van der Waals surface area contributed by atoms with Crippen LogP contribution in [0.4, 0.5) is 8.78 Å². The van der Waals surface area contributed by atoms with Crippen LogP contribution in [0.2, 0.25) is 10.0 Å². The molecular weight excluding hydrogens is 371 g/mol. The van der Waals surface area contributed by atoms with E-state index < -0.39 is 11.8 Å². The van der Waals surface area contributed by atoms with Gasteiger partial charge in [-0.1, -0.05) is 35.3 Å². The number of fused-ring (bicyclic) bond motifs is 1. The molecule has 0 bridgehead atoms. The number of pyridine rings is 1. The summed E-state index contributed by atoms with van der Waals surface area (Å²) in [5.41, 5.74) is 2.13. The monoisotopic (exact) mass is 381 g/mol. The summed E-state index contributed by atoms with van der Waals surface area (Å²) in [4.78, 5) is 10.8. The van der Waals surface area contributed by atoms with E-state index in [1.165, 1.54) is 0 Å². The molecule has 1 fully saturated rings. The van der Waals surface area contributed by atoms with Gasteiger partial charge in [0.15, 0.2) is 5.65 Å². The molecule has 1 aliphatic rings. The van der Waals surface area contributed by atoms with E-state index in [4.69, 9.17) is 23.2 Å². The lowest BCUT2D eigenvalue weighted by Crippen LogP contribution is -2.02. The van der Waals surface area contributed by atoms with E-state index in [2.05, 4.69) is 10.2 Å². The highest BCUT2D eigenvalue weighted by Gasteiger charge is 2.56. The molecule has 128 valence electrons. The van der Waals surface area contributed by atoms with E-state index in [0.717, 1.165) is 0 Å². The van der Waals surface area contributed by atoms with Crippen LogP contribution in [0.25, 0.3) is 16.8 Å². The Balaban J connectivity index is 1.75. The Morgan fingerprint density at radius 1 is 1.24 bits per heavy atom. The van der Waals surface area contributed by atoms with Crippen molar-refractivity contribution in [2.45, 2.75) is 18.8 Å². The molecule has 8 heteroatoms. The Morgan fingerprint density at radius 3 is 2.64 bits per heavy atom. The first-order chi connectivity index (χ1) is 11.9. The lowest BCUT2D eigenvalue weighted by Gasteiger charge is -2.09. The van der Waals surface area contributed by atoms with Gasteiger partial charge in [-0.25, -0.2) is 8.78 Å². The van der Waals surface area contributed by atoms with E-state index in [1.54, 1.807) is 34.9 Å². The summed E-state index contributed by atoms with van der Waals surface area (Å²) in [5.74, 6) is -2.85. The number of aldehydes is 1. The number of alkyl halides is 2. The number of aromatic nitrogens is 3. The summed E-state index contributed by atoms with van der Waals surface area (Å²) in [6, 6.07) is 6.62. The van der Waals surface area contributed by atoms with E-state index >= 15 is 0 Å². The highest BCUT2D eigenvalue weighted by atomic mass is 35.5. The summed E-state index contributed by atoms with van der Waals surface area (Å²) in [5, 5.41) is 8.74. The molecule has 25 heavy (non-hydrogen) atoms. The zero-order valence-corrected chi connectivity index (χ0v) is 14.2. The van der Waals surface area contributed by atoms with Crippen molar-refractivity contribution in [3.63, 3.8) is 0 Å². The van der Waals surface area contributed by atoms with Crippen molar-refractivity contribution in [1.82, 2.24) is 14.6 Å². The van der Waals surface area contributed by atoms with Crippen LogP contribution < -0.4 is 0 Å². The Labute approximate surface area is 151 Å². The van der Waals surface area contributed by atoms with Crippen LogP contribution in [0.15, 0.2) is 30.5 Å². The maximum Gasteiger partial charge on any atom is 0.252 e. The Kier molecular flexibility index (Phi) is 3.77. The Hall–Kier alpha value is -2.05. The number of carbonyl (C=O) groups is 1. The molecular formula is C17H11Cl2F2N3O. The third-order valence-electron chi connectivity index (χ3n) is 4.39. The Morgan fingerprint density at radius 2 is 2.00 bits per heavy atom. The number of hydrogen-bond donors (Lipinski definition) is 0. The third-order valence-corrected chi connectivity index (χ3v) is 5.08. The minimum Gasteiger partial charge on any atom is -0.298 e. The van der Waals surface area contributed by atoms with Gasteiger partial charge in [-0.2, -0.15) is 0 Å². The molecule has 0 N–H and O–H groups in total. The number of rotatable bonds is 4. The predicted octanol–water partition coefficient (Wildman–Crippen LogP) is 4.71. The molecule has 0 amide bonds. The second kappa shape index (κ2) is 5.75. The average Bonchev–Trinajstić information content (AvgIpc) is 2.99. The summed E-state index contributed by atoms with van der Waals surface area (Å²) >= 11 is 12.7. The van der Waals surface area contributed by atoms with Gasteiger partial charge >= 0.3 is 0 Å². The van der Waals surface area contributed by atoms with E-state index in [1.807, 2.05) is 0 Å². The van der Waals surface area contributed by atoms with Crippen LogP contribution in [0.5, 0.6) is 0 Å². The van der Waals surface area contributed by atoms with Gasteiger partial charge < -0.3 is 0 Å². The standard InChI is InChI=1S/C17H11Cl2F2N3O/c18-13-5-9(8-25)1-2-11(13)12-3-4-24-14(6-10-7-17(10,20)21)22-23-16(24)15(12)19/h1-5,8,10H,6-7H2. The van der Waals surface area contributed by atoms with E-state index in [0.29, 0.717) is 44.5 Å². The predicted molar refractivity (Wildman–Crippen MR) is 90.6 cm³/mol. The van der Waals surface area contributed by atoms with E-state index in [-0.39, 0.29) is 12.8 Å². The summed E-state index contributed by atoms with van der Waals surface area (Å²) in [6.45, 7) is 0. The molecule has 1 aliphatic carbocycles. The molecule has 0 spiro atoms. The van der Waals surface area contributed by atoms with Crippen LogP contribution in [0, 0.1) is 5.92 Å². The minimum absolute atomic E-state index is 0.119. The first kappa shape index (κ1) is 16.4. The zero-order valence-electron chi connectivity index (χ0n) is 12.7. The second-order valence-electron chi connectivity index (χ2n) is 6.08. The smallest absolute Gasteiger partial charge is 0.252 e. The van der Waals surface area contributed by atoms with Gasteiger partial charge in [0.1, 0.15) is 12.1 Å². The summed E-state index contributed by atoms with van der Waals surface area (Å²) in [7, 11) is 0. The fourth-order valence-corrected chi connectivity index (χ4v) is 3.44. The summed E-state index contributed by atoms with van der Waals surface area (Å²) < 4.78 is 27.9. The van der Waals surface area contributed by atoms with Crippen LogP contribution >= 0.6 is 23.2 Å². The molecule has 1 aromatic carbocycles. The van der Waals surface area contributed by atoms with Crippen LogP contribution in [-0.2, 0) is 6.42 Å². The lowest BCUT2D eigenvalue weighted by molar-refractivity contribution is 0.0984. The first-order valence-electron chi connectivity index (χ1n) is 7.56. The van der Waals surface area contributed by atoms with Crippen LogP contribution in [0.3, 0.4) is 0 Å². The largest absolute Gasteiger partial charge is 0.298 e. The fourth-order valence-electron chi connectivity index (χ4n) is 2.85. The van der Waals surface area contributed by atoms with Gasteiger partial charge in [0, 0.05) is 46.7 Å². The normalized spacial score (nSPS) is 18.5. The quantitative estimate of drug-likeness (QED) is 0.614. The Bertz CT molecular complexity index is 1000. The SMILES string of the molecule is O=Cc1ccc(-c2ccn3c(CC4CC4(F)F)nnc3c2Cl)c(Cl)c1. The molecule has 4 rings (SSSR count). The van der Waals surface area contributed by atoms with Crippen molar-refractivity contribution in [1.29, 1.82) is 0 Å². The molecule has 3 aromatic rings. The molecule has 1 unspecified atom stereocenters.